The fraction of sp³-hybridized carbons (Fsp3) is 0.440. The summed E-state index contributed by atoms with van der Waals surface area (Å²) in [4.78, 5) is 27.6. The van der Waals surface area contributed by atoms with Crippen LogP contribution in [-0.4, -0.2) is 35.9 Å². The van der Waals surface area contributed by atoms with Gasteiger partial charge in [0, 0.05) is 24.5 Å². The Balaban J connectivity index is 2.02. The number of hydrogen-bond donors (Lipinski definition) is 1. The molecule has 1 unspecified atom stereocenters. The molecule has 0 aliphatic rings. The Labute approximate surface area is 190 Å². The average Bonchev–Trinajstić information content (AvgIpc) is 2.77. The molecule has 1 N–H and O–H groups in total. The van der Waals surface area contributed by atoms with Crippen molar-refractivity contribution in [2.45, 2.75) is 59.0 Å². The minimum atomic E-state index is -0.488. The van der Waals surface area contributed by atoms with Crippen LogP contribution in [0.25, 0.3) is 0 Å². The van der Waals surface area contributed by atoms with E-state index in [1.54, 1.807) is 29.2 Å². The molecule has 0 saturated heterocycles. The average molecular weight is 445 g/mol. The highest BCUT2D eigenvalue weighted by molar-refractivity contribution is 6.30. The number of aryl methyl sites for hydroxylation is 1. The van der Waals surface area contributed by atoms with Gasteiger partial charge in [-0.15, -0.1) is 0 Å². The van der Waals surface area contributed by atoms with Gasteiger partial charge in [0.15, 0.2) is 0 Å². The third kappa shape index (κ3) is 8.25. The van der Waals surface area contributed by atoms with Crippen LogP contribution >= 0.6 is 11.6 Å². The topological polar surface area (TPSA) is 58.6 Å². The normalized spacial score (nSPS) is 11.6. The molecule has 168 valence electrons. The first-order valence-electron chi connectivity index (χ1n) is 11.0. The lowest BCUT2D eigenvalue weighted by Gasteiger charge is -2.30. The van der Waals surface area contributed by atoms with Gasteiger partial charge in [0.1, 0.15) is 11.8 Å². The summed E-state index contributed by atoms with van der Waals surface area (Å²) in [5, 5.41) is 3.59. The molecule has 0 aromatic heterocycles. The molecule has 0 radical (unpaired) electrons. The van der Waals surface area contributed by atoms with Crippen molar-refractivity contribution in [2.75, 3.05) is 13.2 Å². The highest BCUT2D eigenvalue weighted by Gasteiger charge is 2.28. The summed E-state index contributed by atoms with van der Waals surface area (Å²) < 4.78 is 5.70. The molecule has 0 aliphatic heterocycles. The van der Waals surface area contributed by atoms with Crippen molar-refractivity contribution in [3.05, 3.63) is 64.7 Å². The fourth-order valence-electron chi connectivity index (χ4n) is 3.26. The van der Waals surface area contributed by atoms with Crippen LogP contribution in [0, 0.1) is 6.92 Å². The van der Waals surface area contributed by atoms with Crippen LogP contribution < -0.4 is 10.1 Å². The van der Waals surface area contributed by atoms with Gasteiger partial charge >= 0.3 is 0 Å². The van der Waals surface area contributed by atoms with Crippen LogP contribution in [-0.2, 0) is 16.1 Å². The first-order chi connectivity index (χ1) is 14.9. The van der Waals surface area contributed by atoms with Crippen molar-refractivity contribution in [1.82, 2.24) is 10.2 Å². The Bertz CT molecular complexity index is 822. The van der Waals surface area contributed by atoms with Crippen molar-refractivity contribution in [1.29, 1.82) is 0 Å². The van der Waals surface area contributed by atoms with E-state index in [9.17, 15) is 9.59 Å². The molecule has 0 spiro atoms. The van der Waals surface area contributed by atoms with E-state index in [1.165, 1.54) is 0 Å². The predicted octanol–water partition coefficient (Wildman–Crippen LogP) is 5.14. The molecule has 0 aliphatic carbocycles. The Kier molecular flexibility index (Phi) is 10.4. The van der Waals surface area contributed by atoms with E-state index in [0.717, 1.165) is 23.3 Å². The largest absolute Gasteiger partial charge is 0.494 e. The minimum Gasteiger partial charge on any atom is -0.494 e. The van der Waals surface area contributed by atoms with E-state index < -0.39 is 6.04 Å². The molecule has 6 heteroatoms. The number of benzene rings is 2. The zero-order valence-corrected chi connectivity index (χ0v) is 19.5. The Hall–Kier alpha value is -2.53. The van der Waals surface area contributed by atoms with Crippen LogP contribution in [0.15, 0.2) is 48.5 Å². The monoisotopic (exact) mass is 444 g/mol. The van der Waals surface area contributed by atoms with Crippen molar-refractivity contribution >= 4 is 23.4 Å². The zero-order valence-electron chi connectivity index (χ0n) is 18.7. The van der Waals surface area contributed by atoms with Gasteiger partial charge in [-0.05, 0) is 56.0 Å². The number of rotatable bonds is 12. The highest BCUT2D eigenvalue weighted by atomic mass is 35.5. The van der Waals surface area contributed by atoms with E-state index in [-0.39, 0.29) is 11.8 Å². The van der Waals surface area contributed by atoms with Crippen molar-refractivity contribution in [3.63, 3.8) is 0 Å². The lowest BCUT2D eigenvalue weighted by Crippen LogP contribution is -2.49. The molecule has 0 fully saturated rings. The standard InChI is InChI=1S/C25H33ClN2O3/c1-4-16-27-25(30)23(5-2)28(18-20-10-8-19(3)9-11-20)24(29)7-6-17-31-22-14-12-21(26)13-15-22/h8-15,23H,4-7,16-18H2,1-3H3,(H,27,30). The van der Waals surface area contributed by atoms with Gasteiger partial charge in [-0.1, -0.05) is 55.3 Å². The lowest BCUT2D eigenvalue weighted by molar-refractivity contribution is -0.141. The van der Waals surface area contributed by atoms with E-state index in [2.05, 4.69) is 5.32 Å². The van der Waals surface area contributed by atoms with Gasteiger partial charge in [-0.25, -0.2) is 0 Å². The summed E-state index contributed by atoms with van der Waals surface area (Å²) in [7, 11) is 0. The number of nitrogens with one attached hydrogen (secondary N) is 1. The summed E-state index contributed by atoms with van der Waals surface area (Å²) in [5.74, 6) is 0.583. The number of ether oxygens (including phenoxy) is 1. The quantitative estimate of drug-likeness (QED) is 0.461. The molecule has 0 bridgehead atoms. The molecular weight excluding hydrogens is 412 g/mol. The second-order valence-electron chi connectivity index (χ2n) is 7.63. The molecule has 2 aromatic rings. The Morgan fingerprint density at radius 2 is 1.74 bits per heavy atom. The van der Waals surface area contributed by atoms with Gasteiger partial charge in [-0.3, -0.25) is 9.59 Å². The minimum absolute atomic E-state index is 0.0428. The fourth-order valence-corrected chi connectivity index (χ4v) is 3.39. The summed E-state index contributed by atoms with van der Waals surface area (Å²) in [6.45, 7) is 7.42. The third-order valence-corrected chi connectivity index (χ3v) is 5.28. The van der Waals surface area contributed by atoms with Crippen molar-refractivity contribution in [2.24, 2.45) is 0 Å². The molecular formula is C25H33ClN2O3. The van der Waals surface area contributed by atoms with E-state index in [0.29, 0.717) is 44.0 Å². The summed E-state index contributed by atoms with van der Waals surface area (Å²) in [5.41, 5.74) is 2.17. The maximum atomic E-state index is 13.1. The first-order valence-corrected chi connectivity index (χ1v) is 11.3. The van der Waals surface area contributed by atoms with E-state index >= 15 is 0 Å². The molecule has 5 nitrogen and oxygen atoms in total. The van der Waals surface area contributed by atoms with Crippen molar-refractivity contribution < 1.29 is 14.3 Å². The summed E-state index contributed by atoms with van der Waals surface area (Å²) in [6.07, 6.45) is 2.31. The molecule has 2 rings (SSSR count). The second kappa shape index (κ2) is 13.0. The van der Waals surface area contributed by atoms with Gasteiger partial charge in [0.2, 0.25) is 11.8 Å². The van der Waals surface area contributed by atoms with Crippen LogP contribution in [0.2, 0.25) is 5.02 Å². The van der Waals surface area contributed by atoms with Crippen LogP contribution in [0.1, 0.15) is 50.7 Å². The Morgan fingerprint density at radius 1 is 1.06 bits per heavy atom. The lowest BCUT2D eigenvalue weighted by atomic mass is 10.1. The van der Waals surface area contributed by atoms with Crippen LogP contribution in [0.5, 0.6) is 5.75 Å². The number of carbonyl (C=O) groups is 2. The smallest absolute Gasteiger partial charge is 0.242 e. The van der Waals surface area contributed by atoms with E-state index in [4.69, 9.17) is 16.3 Å². The maximum absolute atomic E-state index is 13.1. The van der Waals surface area contributed by atoms with Gasteiger partial charge in [0.05, 0.1) is 6.61 Å². The molecule has 0 saturated carbocycles. The summed E-state index contributed by atoms with van der Waals surface area (Å²) >= 11 is 5.89. The van der Waals surface area contributed by atoms with Crippen molar-refractivity contribution in [3.8, 4) is 5.75 Å². The SMILES string of the molecule is CCCNC(=O)C(CC)N(Cc1ccc(C)cc1)C(=O)CCCOc1ccc(Cl)cc1. The number of carbonyl (C=O) groups excluding carboxylic acids is 2. The van der Waals surface area contributed by atoms with E-state index in [1.807, 2.05) is 45.0 Å². The summed E-state index contributed by atoms with van der Waals surface area (Å²) in [6, 6.07) is 14.7. The molecule has 0 heterocycles. The maximum Gasteiger partial charge on any atom is 0.242 e. The van der Waals surface area contributed by atoms with Gasteiger partial charge in [-0.2, -0.15) is 0 Å². The van der Waals surface area contributed by atoms with Gasteiger partial charge in [0.25, 0.3) is 0 Å². The highest BCUT2D eigenvalue weighted by Crippen LogP contribution is 2.17. The van der Waals surface area contributed by atoms with Crippen LogP contribution in [0.3, 0.4) is 0 Å². The number of hydrogen-bond acceptors (Lipinski definition) is 3. The zero-order chi connectivity index (χ0) is 22.6. The first kappa shape index (κ1) is 24.7. The number of amides is 2. The predicted molar refractivity (Wildman–Crippen MR) is 125 cm³/mol. The molecule has 31 heavy (non-hydrogen) atoms. The third-order valence-electron chi connectivity index (χ3n) is 5.03. The molecule has 2 aromatic carbocycles. The van der Waals surface area contributed by atoms with Crippen LogP contribution in [0.4, 0.5) is 0 Å². The number of nitrogens with zero attached hydrogens (tertiary/aromatic N) is 1. The second-order valence-corrected chi connectivity index (χ2v) is 8.06. The Morgan fingerprint density at radius 3 is 2.35 bits per heavy atom. The number of halogens is 1. The molecule has 2 amide bonds. The van der Waals surface area contributed by atoms with Gasteiger partial charge < -0.3 is 15.0 Å². The molecule has 1 atom stereocenters.